The van der Waals surface area contributed by atoms with Crippen LogP contribution in [0.5, 0.6) is 0 Å². The van der Waals surface area contributed by atoms with Crippen LogP contribution in [0.15, 0.2) is 48.5 Å². The Bertz CT molecular complexity index is 902. The van der Waals surface area contributed by atoms with Crippen LogP contribution in [0.2, 0.25) is 0 Å². The number of amides is 2. The molecule has 0 aliphatic carbocycles. The Balaban J connectivity index is 1.29. The third kappa shape index (κ3) is 5.08. The predicted molar refractivity (Wildman–Crippen MR) is 121 cm³/mol. The number of likely N-dealkylation sites (tertiary alicyclic amines) is 1. The van der Waals surface area contributed by atoms with E-state index in [9.17, 15) is 9.59 Å². The number of benzene rings is 2. The lowest BCUT2D eigenvalue weighted by Crippen LogP contribution is -2.51. The van der Waals surface area contributed by atoms with Gasteiger partial charge in [0.15, 0.2) is 0 Å². The van der Waals surface area contributed by atoms with Gasteiger partial charge in [-0.05, 0) is 35.3 Å². The molecule has 2 aromatic carbocycles. The van der Waals surface area contributed by atoms with Gasteiger partial charge in [0, 0.05) is 45.3 Å². The van der Waals surface area contributed by atoms with Crippen LogP contribution in [0.1, 0.15) is 31.2 Å². The molecule has 5 heteroatoms. The highest BCUT2D eigenvalue weighted by Crippen LogP contribution is 2.19. The molecule has 5 nitrogen and oxygen atoms in total. The third-order valence-electron chi connectivity index (χ3n) is 6.23. The number of nitrogens with zero attached hydrogens (tertiary/aromatic N) is 3. The lowest BCUT2D eigenvalue weighted by atomic mass is 10.0. The zero-order valence-electron chi connectivity index (χ0n) is 17.6. The molecule has 4 rings (SSSR count). The van der Waals surface area contributed by atoms with E-state index in [1.807, 2.05) is 40.1 Å². The molecule has 158 valence electrons. The normalized spacial score (nSPS) is 18.7. The van der Waals surface area contributed by atoms with E-state index in [0.29, 0.717) is 19.6 Å². The zero-order valence-corrected chi connectivity index (χ0v) is 17.6. The van der Waals surface area contributed by atoms with Crippen LogP contribution in [0, 0.1) is 0 Å². The van der Waals surface area contributed by atoms with Crippen LogP contribution in [0.4, 0.5) is 0 Å². The van der Waals surface area contributed by atoms with Crippen LogP contribution in [0.3, 0.4) is 0 Å². The number of hydrogen-bond donors (Lipinski definition) is 0. The molecule has 0 N–H and O–H groups in total. The molecule has 2 fully saturated rings. The molecule has 2 heterocycles. The van der Waals surface area contributed by atoms with Gasteiger partial charge in [0.25, 0.3) is 0 Å². The highest BCUT2D eigenvalue weighted by atomic mass is 16.2. The summed E-state index contributed by atoms with van der Waals surface area (Å²) in [7, 11) is 0. The third-order valence-corrected chi connectivity index (χ3v) is 6.23. The highest BCUT2D eigenvalue weighted by molar-refractivity contribution is 5.96. The molecule has 0 radical (unpaired) electrons. The fourth-order valence-electron chi connectivity index (χ4n) is 4.40. The SMILES string of the molecule is O=C(/C=C/c1cccc2ccccc12)N1CCN(CC(=O)N2CCCCCC2)CC1. The van der Waals surface area contributed by atoms with Gasteiger partial charge >= 0.3 is 0 Å². The lowest BCUT2D eigenvalue weighted by molar-refractivity contribution is -0.133. The average molecular weight is 406 g/mol. The Morgan fingerprint density at radius 3 is 2.23 bits per heavy atom. The minimum absolute atomic E-state index is 0.0430. The lowest BCUT2D eigenvalue weighted by Gasteiger charge is -2.35. The van der Waals surface area contributed by atoms with Crippen molar-refractivity contribution in [3.63, 3.8) is 0 Å². The fraction of sp³-hybridized carbons (Fsp3) is 0.440. The van der Waals surface area contributed by atoms with E-state index in [2.05, 4.69) is 23.1 Å². The molecule has 2 aliphatic heterocycles. The Morgan fingerprint density at radius 2 is 1.47 bits per heavy atom. The van der Waals surface area contributed by atoms with Gasteiger partial charge in [0.1, 0.15) is 0 Å². The molecule has 0 saturated carbocycles. The minimum Gasteiger partial charge on any atom is -0.342 e. The van der Waals surface area contributed by atoms with Crippen molar-refractivity contribution in [2.75, 3.05) is 45.8 Å². The number of carbonyl (C=O) groups is 2. The van der Waals surface area contributed by atoms with E-state index in [4.69, 9.17) is 0 Å². The first kappa shape index (κ1) is 20.6. The maximum atomic E-state index is 12.7. The number of fused-ring (bicyclic) bond motifs is 1. The summed E-state index contributed by atoms with van der Waals surface area (Å²) in [4.78, 5) is 31.4. The van der Waals surface area contributed by atoms with Crippen LogP contribution < -0.4 is 0 Å². The van der Waals surface area contributed by atoms with Gasteiger partial charge in [0.2, 0.25) is 11.8 Å². The van der Waals surface area contributed by atoms with E-state index in [0.717, 1.165) is 50.0 Å². The van der Waals surface area contributed by atoms with Crippen molar-refractivity contribution in [3.8, 4) is 0 Å². The molecular formula is C25H31N3O2. The predicted octanol–water partition coefficient (Wildman–Crippen LogP) is 3.40. The van der Waals surface area contributed by atoms with Gasteiger partial charge in [0.05, 0.1) is 6.54 Å². The van der Waals surface area contributed by atoms with E-state index >= 15 is 0 Å². The molecule has 0 atom stereocenters. The van der Waals surface area contributed by atoms with Crippen LogP contribution in [-0.4, -0.2) is 72.3 Å². The summed E-state index contributed by atoms with van der Waals surface area (Å²) < 4.78 is 0. The monoisotopic (exact) mass is 405 g/mol. The number of piperazine rings is 1. The zero-order chi connectivity index (χ0) is 20.8. The van der Waals surface area contributed by atoms with E-state index in [1.165, 1.54) is 18.2 Å². The fourth-order valence-corrected chi connectivity index (χ4v) is 4.40. The molecule has 2 saturated heterocycles. The van der Waals surface area contributed by atoms with E-state index < -0.39 is 0 Å². The van der Waals surface area contributed by atoms with Crippen molar-refractivity contribution in [2.24, 2.45) is 0 Å². The van der Waals surface area contributed by atoms with Crippen molar-refractivity contribution >= 4 is 28.7 Å². The Kier molecular flexibility index (Phi) is 6.80. The molecule has 0 unspecified atom stereocenters. The van der Waals surface area contributed by atoms with E-state index in [1.54, 1.807) is 6.08 Å². The summed E-state index contributed by atoms with van der Waals surface area (Å²) in [5.41, 5.74) is 1.06. The standard InChI is InChI=1S/C25H31N3O2/c29-24(13-12-22-10-7-9-21-8-3-4-11-23(21)22)28-18-16-26(17-19-28)20-25(30)27-14-5-1-2-6-15-27/h3-4,7-13H,1-2,5-6,14-20H2/b13-12+. The van der Waals surface area contributed by atoms with Gasteiger partial charge < -0.3 is 9.80 Å². The Labute approximate surface area is 178 Å². The van der Waals surface area contributed by atoms with Crippen molar-refractivity contribution in [1.82, 2.24) is 14.7 Å². The minimum atomic E-state index is 0.0430. The molecule has 2 aliphatic rings. The molecule has 2 aromatic rings. The second kappa shape index (κ2) is 9.90. The smallest absolute Gasteiger partial charge is 0.246 e. The van der Waals surface area contributed by atoms with Gasteiger partial charge in [-0.3, -0.25) is 14.5 Å². The molecule has 0 aromatic heterocycles. The molecular weight excluding hydrogens is 374 g/mol. The number of carbonyl (C=O) groups excluding carboxylic acids is 2. The van der Waals surface area contributed by atoms with Crippen molar-refractivity contribution in [2.45, 2.75) is 25.7 Å². The quantitative estimate of drug-likeness (QED) is 0.733. The first-order valence-electron chi connectivity index (χ1n) is 11.2. The maximum Gasteiger partial charge on any atom is 0.246 e. The van der Waals surface area contributed by atoms with Crippen LogP contribution >= 0.6 is 0 Å². The maximum absolute atomic E-state index is 12.7. The van der Waals surface area contributed by atoms with Crippen molar-refractivity contribution in [1.29, 1.82) is 0 Å². The summed E-state index contributed by atoms with van der Waals surface area (Å²) >= 11 is 0. The highest BCUT2D eigenvalue weighted by Gasteiger charge is 2.23. The summed E-state index contributed by atoms with van der Waals surface area (Å²) in [5, 5.41) is 2.33. The molecule has 0 spiro atoms. The van der Waals surface area contributed by atoms with Crippen LogP contribution in [0.25, 0.3) is 16.8 Å². The largest absolute Gasteiger partial charge is 0.342 e. The topological polar surface area (TPSA) is 43.9 Å². The number of hydrogen-bond acceptors (Lipinski definition) is 3. The van der Waals surface area contributed by atoms with Gasteiger partial charge in [-0.1, -0.05) is 55.3 Å². The second-order valence-electron chi connectivity index (χ2n) is 8.30. The number of rotatable bonds is 4. The Morgan fingerprint density at radius 1 is 0.767 bits per heavy atom. The van der Waals surface area contributed by atoms with Gasteiger partial charge in [-0.15, -0.1) is 0 Å². The summed E-state index contributed by atoms with van der Waals surface area (Å²) in [5.74, 6) is 0.286. The summed E-state index contributed by atoms with van der Waals surface area (Å²) in [6.07, 6.45) is 8.31. The van der Waals surface area contributed by atoms with Crippen molar-refractivity contribution in [3.05, 3.63) is 54.1 Å². The van der Waals surface area contributed by atoms with Gasteiger partial charge in [-0.25, -0.2) is 0 Å². The Hall–Kier alpha value is -2.66. The second-order valence-corrected chi connectivity index (χ2v) is 8.30. The first-order valence-corrected chi connectivity index (χ1v) is 11.2. The van der Waals surface area contributed by atoms with Crippen LogP contribution in [-0.2, 0) is 9.59 Å². The van der Waals surface area contributed by atoms with Gasteiger partial charge in [-0.2, -0.15) is 0 Å². The molecule has 30 heavy (non-hydrogen) atoms. The first-order chi connectivity index (χ1) is 14.7. The van der Waals surface area contributed by atoms with E-state index in [-0.39, 0.29) is 11.8 Å². The van der Waals surface area contributed by atoms with Crippen molar-refractivity contribution < 1.29 is 9.59 Å². The summed E-state index contributed by atoms with van der Waals surface area (Å²) in [6.45, 7) is 5.14. The molecule has 2 amide bonds. The molecule has 0 bridgehead atoms. The summed E-state index contributed by atoms with van der Waals surface area (Å²) in [6, 6.07) is 14.4. The average Bonchev–Trinajstić information content (AvgIpc) is 3.08.